The number of hydrogen-bond acceptors (Lipinski definition) is 5. The predicted octanol–water partition coefficient (Wildman–Crippen LogP) is 2.68. The summed E-state index contributed by atoms with van der Waals surface area (Å²) in [5.41, 5.74) is 8.31. The zero-order valence-corrected chi connectivity index (χ0v) is 12.7. The fraction of sp³-hybridized carbons (Fsp3) is 0.615. The molecule has 2 heterocycles. The van der Waals surface area contributed by atoms with Crippen LogP contribution in [-0.4, -0.2) is 19.4 Å². The van der Waals surface area contributed by atoms with Crippen molar-refractivity contribution >= 4 is 11.5 Å². The van der Waals surface area contributed by atoms with Gasteiger partial charge in [-0.05, 0) is 37.4 Å². The molecule has 1 atom stereocenters. The molecule has 19 heavy (non-hydrogen) atoms. The predicted molar refractivity (Wildman–Crippen MR) is 77.2 cm³/mol. The van der Waals surface area contributed by atoms with Crippen LogP contribution in [0.2, 0.25) is 0 Å². The highest BCUT2D eigenvalue weighted by Crippen LogP contribution is 2.26. The van der Waals surface area contributed by atoms with Crippen LogP contribution in [0.3, 0.4) is 0 Å². The summed E-state index contributed by atoms with van der Waals surface area (Å²) in [4.78, 5) is 1.08. The highest BCUT2D eigenvalue weighted by atomic mass is 32.1. The fourth-order valence-corrected chi connectivity index (χ4v) is 2.76. The van der Waals surface area contributed by atoms with Gasteiger partial charge in [0.2, 0.25) is 0 Å². The third-order valence-electron chi connectivity index (χ3n) is 3.05. The molecule has 2 aromatic heterocycles. The SMILES string of the molecule is CC(C)c1nnsc1C(N)Cc1ccn(C(C)C)n1. The summed E-state index contributed by atoms with van der Waals surface area (Å²) in [6.45, 7) is 8.45. The van der Waals surface area contributed by atoms with Crippen molar-refractivity contribution in [1.82, 2.24) is 19.4 Å². The van der Waals surface area contributed by atoms with Crippen molar-refractivity contribution in [2.45, 2.75) is 52.1 Å². The Bertz CT molecular complexity index is 529. The van der Waals surface area contributed by atoms with Crippen molar-refractivity contribution in [2.75, 3.05) is 0 Å². The van der Waals surface area contributed by atoms with Gasteiger partial charge in [0, 0.05) is 24.7 Å². The van der Waals surface area contributed by atoms with Crippen molar-refractivity contribution in [2.24, 2.45) is 5.73 Å². The third-order valence-corrected chi connectivity index (χ3v) is 3.92. The van der Waals surface area contributed by atoms with E-state index in [2.05, 4.69) is 42.4 Å². The molecule has 2 aromatic rings. The molecule has 2 N–H and O–H groups in total. The molecule has 6 heteroatoms. The molecule has 0 amide bonds. The van der Waals surface area contributed by atoms with Gasteiger partial charge in [0.15, 0.2) is 0 Å². The van der Waals surface area contributed by atoms with Gasteiger partial charge in [-0.1, -0.05) is 18.3 Å². The number of nitrogens with two attached hydrogens (primary N) is 1. The molecular weight excluding hydrogens is 258 g/mol. The first kappa shape index (κ1) is 14.1. The van der Waals surface area contributed by atoms with Crippen LogP contribution >= 0.6 is 11.5 Å². The average Bonchev–Trinajstić information content (AvgIpc) is 2.96. The minimum Gasteiger partial charge on any atom is -0.323 e. The molecule has 0 fully saturated rings. The summed E-state index contributed by atoms with van der Waals surface area (Å²) >= 11 is 1.40. The van der Waals surface area contributed by atoms with E-state index in [0.29, 0.717) is 12.0 Å². The van der Waals surface area contributed by atoms with E-state index in [1.165, 1.54) is 11.5 Å². The number of nitrogens with zero attached hydrogens (tertiary/aromatic N) is 4. The van der Waals surface area contributed by atoms with Crippen LogP contribution in [-0.2, 0) is 6.42 Å². The molecule has 0 spiro atoms. The maximum atomic E-state index is 6.28. The molecule has 0 aromatic carbocycles. The van der Waals surface area contributed by atoms with Crippen molar-refractivity contribution in [3.63, 3.8) is 0 Å². The van der Waals surface area contributed by atoms with E-state index in [4.69, 9.17) is 5.73 Å². The highest BCUT2D eigenvalue weighted by molar-refractivity contribution is 7.05. The topological polar surface area (TPSA) is 69.6 Å². The Kier molecular flexibility index (Phi) is 4.31. The minimum atomic E-state index is -0.0760. The second-order valence-electron chi connectivity index (χ2n) is 5.37. The van der Waals surface area contributed by atoms with Gasteiger partial charge < -0.3 is 5.73 Å². The van der Waals surface area contributed by atoms with Crippen LogP contribution in [0.4, 0.5) is 0 Å². The monoisotopic (exact) mass is 279 g/mol. The van der Waals surface area contributed by atoms with Gasteiger partial charge in [0.25, 0.3) is 0 Å². The van der Waals surface area contributed by atoms with Crippen LogP contribution in [0.15, 0.2) is 12.3 Å². The summed E-state index contributed by atoms with van der Waals surface area (Å²) in [6, 6.07) is 2.33. The molecule has 0 saturated carbocycles. The second-order valence-corrected chi connectivity index (χ2v) is 6.15. The van der Waals surface area contributed by atoms with Gasteiger partial charge in [-0.25, -0.2) is 0 Å². The maximum Gasteiger partial charge on any atom is 0.0829 e. The Morgan fingerprint density at radius 1 is 1.32 bits per heavy atom. The van der Waals surface area contributed by atoms with E-state index < -0.39 is 0 Å². The molecule has 0 radical (unpaired) electrons. The fourth-order valence-electron chi connectivity index (χ4n) is 1.95. The Morgan fingerprint density at radius 3 is 2.63 bits per heavy atom. The van der Waals surface area contributed by atoms with Gasteiger partial charge in [0.1, 0.15) is 0 Å². The summed E-state index contributed by atoms with van der Waals surface area (Å²) in [5.74, 6) is 0.355. The highest BCUT2D eigenvalue weighted by Gasteiger charge is 2.19. The van der Waals surface area contributed by atoms with E-state index in [1.807, 2.05) is 16.9 Å². The lowest BCUT2D eigenvalue weighted by Crippen LogP contribution is -2.15. The van der Waals surface area contributed by atoms with Crippen LogP contribution in [0.5, 0.6) is 0 Å². The molecule has 104 valence electrons. The maximum absolute atomic E-state index is 6.28. The molecule has 0 aliphatic rings. The summed E-state index contributed by atoms with van der Waals surface area (Å²) in [5, 5.41) is 8.71. The normalized spacial score (nSPS) is 13.4. The lowest BCUT2D eigenvalue weighted by Gasteiger charge is -2.11. The largest absolute Gasteiger partial charge is 0.323 e. The van der Waals surface area contributed by atoms with Gasteiger partial charge >= 0.3 is 0 Å². The van der Waals surface area contributed by atoms with E-state index >= 15 is 0 Å². The molecule has 0 aliphatic carbocycles. The van der Waals surface area contributed by atoms with Crippen LogP contribution in [0.1, 0.15) is 62.0 Å². The van der Waals surface area contributed by atoms with Crippen molar-refractivity contribution < 1.29 is 0 Å². The molecule has 1 unspecified atom stereocenters. The molecule has 0 bridgehead atoms. The minimum absolute atomic E-state index is 0.0760. The number of aromatic nitrogens is 4. The van der Waals surface area contributed by atoms with Gasteiger partial charge in [-0.15, -0.1) is 5.10 Å². The number of hydrogen-bond donors (Lipinski definition) is 1. The van der Waals surface area contributed by atoms with E-state index in [9.17, 15) is 0 Å². The zero-order valence-electron chi connectivity index (χ0n) is 11.9. The molecular formula is C13H21N5S. The first-order valence-electron chi connectivity index (χ1n) is 6.60. The van der Waals surface area contributed by atoms with Crippen LogP contribution in [0.25, 0.3) is 0 Å². The summed E-state index contributed by atoms with van der Waals surface area (Å²) < 4.78 is 5.98. The second kappa shape index (κ2) is 5.79. The Morgan fingerprint density at radius 2 is 2.05 bits per heavy atom. The van der Waals surface area contributed by atoms with E-state index in [1.54, 1.807) is 0 Å². The summed E-state index contributed by atoms with van der Waals surface area (Å²) in [7, 11) is 0. The van der Waals surface area contributed by atoms with Gasteiger partial charge in [0.05, 0.1) is 16.3 Å². The lowest BCUT2D eigenvalue weighted by molar-refractivity contribution is 0.522. The van der Waals surface area contributed by atoms with Crippen molar-refractivity contribution in [3.8, 4) is 0 Å². The number of rotatable bonds is 5. The smallest absolute Gasteiger partial charge is 0.0829 e. The average molecular weight is 279 g/mol. The zero-order chi connectivity index (χ0) is 14.0. The van der Waals surface area contributed by atoms with Gasteiger partial charge in [-0.2, -0.15) is 5.10 Å². The Labute approximate surface area is 118 Å². The van der Waals surface area contributed by atoms with E-state index in [-0.39, 0.29) is 6.04 Å². The van der Waals surface area contributed by atoms with E-state index in [0.717, 1.165) is 22.7 Å². The van der Waals surface area contributed by atoms with Gasteiger partial charge in [-0.3, -0.25) is 4.68 Å². The van der Waals surface area contributed by atoms with Crippen molar-refractivity contribution in [1.29, 1.82) is 0 Å². The quantitative estimate of drug-likeness (QED) is 0.913. The lowest BCUT2D eigenvalue weighted by atomic mass is 10.0. The Hall–Kier alpha value is -1.27. The third kappa shape index (κ3) is 3.19. The standard InChI is InChI=1S/C13H21N5S/c1-8(2)12-13(19-17-15-12)11(14)7-10-5-6-18(16-10)9(3)4/h5-6,8-9,11H,7,14H2,1-4H3. The molecule has 2 rings (SSSR count). The first-order valence-corrected chi connectivity index (χ1v) is 7.38. The Balaban J connectivity index is 2.11. The molecule has 0 aliphatic heterocycles. The molecule has 5 nitrogen and oxygen atoms in total. The van der Waals surface area contributed by atoms with Crippen LogP contribution < -0.4 is 5.73 Å². The van der Waals surface area contributed by atoms with Crippen molar-refractivity contribution in [3.05, 3.63) is 28.5 Å². The summed E-state index contributed by atoms with van der Waals surface area (Å²) in [6.07, 6.45) is 2.73. The van der Waals surface area contributed by atoms with Crippen LogP contribution in [0, 0.1) is 0 Å². The first-order chi connectivity index (χ1) is 8.99. The molecule has 0 saturated heterocycles.